The summed E-state index contributed by atoms with van der Waals surface area (Å²) in [5.41, 5.74) is 4.13. The number of piperidine rings is 1. The average Bonchev–Trinajstić information content (AvgIpc) is 3.80. The standard InChI is InChI=1S/C27H35ClN4O2.2C4H4O4/c1-31(2)17-23-25(33-18-20-6-7-20)11-9-22-24(30-34-27(22)23)10-8-19-12-14-32(15-13-19)16-21-4-3-5-26(28)29-21;2*5-3(6)1-2-4(7)8/h3-5,9,11,19-20H,6-8,10,12-18H2,1-2H3;2*1-2H,(H,5,6)(H,7,8). The Hall–Kier alpha value is -4.79. The lowest BCUT2D eigenvalue weighted by Gasteiger charge is -2.31. The first kappa shape index (κ1) is 39.6. The molecule has 1 saturated carbocycles. The zero-order valence-electron chi connectivity index (χ0n) is 28.0. The van der Waals surface area contributed by atoms with Crippen LogP contribution in [0.5, 0.6) is 5.75 Å². The number of aryl methyl sites for hydroxylation is 1. The maximum absolute atomic E-state index is 9.55. The number of rotatable bonds is 14. The van der Waals surface area contributed by atoms with Crippen LogP contribution in [0.15, 0.2) is 59.2 Å². The Kier molecular flexibility index (Phi) is 15.9. The van der Waals surface area contributed by atoms with Gasteiger partial charge in [0.2, 0.25) is 0 Å². The van der Waals surface area contributed by atoms with Crippen LogP contribution in [-0.4, -0.2) is 98.0 Å². The van der Waals surface area contributed by atoms with Crippen LogP contribution in [-0.2, 0) is 38.7 Å². The topological polar surface area (TPSA) is 204 Å². The number of carboxylic acids is 4. The number of ether oxygens (including phenoxy) is 1. The van der Waals surface area contributed by atoms with Gasteiger partial charge in [-0.3, -0.25) is 4.90 Å². The number of pyridine rings is 1. The molecule has 2 aliphatic rings. The number of halogens is 1. The van der Waals surface area contributed by atoms with E-state index in [1.54, 1.807) is 0 Å². The van der Waals surface area contributed by atoms with Crippen molar-refractivity contribution in [2.75, 3.05) is 33.8 Å². The van der Waals surface area contributed by atoms with Crippen LogP contribution in [0.1, 0.15) is 49.1 Å². The minimum Gasteiger partial charge on any atom is -0.493 e. The number of hydrogen-bond acceptors (Lipinski definition) is 10. The third-order valence-electron chi connectivity index (χ3n) is 7.81. The molecule has 2 aromatic heterocycles. The highest BCUT2D eigenvalue weighted by Crippen LogP contribution is 2.35. The number of nitrogens with zero attached hydrogens (tertiary/aromatic N) is 4. The Morgan fingerprint density at radius 3 is 2.02 bits per heavy atom. The second-order valence-corrected chi connectivity index (χ2v) is 12.7. The van der Waals surface area contributed by atoms with E-state index in [0.29, 0.717) is 29.5 Å². The van der Waals surface area contributed by atoms with Crippen molar-refractivity contribution in [1.82, 2.24) is 19.9 Å². The first-order valence-electron chi connectivity index (χ1n) is 16.1. The fourth-order valence-electron chi connectivity index (χ4n) is 5.19. The van der Waals surface area contributed by atoms with E-state index in [1.807, 2.05) is 12.1 Å². The molecule has 50 heavy (non-hydrogen) atoms. The number of aromatic nitrogens is 2. The van der Waals surface area contributed by atoms with E-state index >= 15 is 0 Å². The number of fused-ring (bicyclic) bond motifs is 1. The zero-order chi connectivity index (χ0) is 36.6. The van der Waals surface area contributed by atoms with E-state index in [2.05, 4.69) is 52.2 Å². The quantitative estimate of drug-likeness (QED) is 0.128. The molecule has 0 radical (unpaired) electrons. The van der Waals surface area contributed by atoms with Crippen LogP contribution in [0.25, 0.3) is 11.0 Å². The SMILES string of the molecule is CN(C)Cc1c(OCC2CC2)ccc2c(CCC3CCN(Cc4cccc(Cl)n4)CC3)noc12.O=C(O)C=CC(=O)O.O=C(O)C=CC(=O)O. The Bertz CT molecular complexity index is 1590. The normalized spacial score (nSPS) is 15.0. The van der Waals surface area contributed by atoms with Crippen molar-refractivity contribution in [3.8, 4) is 5.75 Å². The van der Waals surface area contributed by atoms with Gasteiger partial charge in [-0.05, 0) is 102 Å². The van der Waals surface area contributed by atoms with Gasteiger partial charge in [-0.2, -0.15) is 0 Å². The van der Waals surface area contributed by atoms with Gasteiger partial charge in [-0.1, -0.05) is 22.8 Å². The molecule has 0 spiro atoms. The molecule has 3 heterocycles. The van der Waals surface area contributed by atoms with Gasteiger partial charge in [0.05, 0.1) is 23.6 Å². The maximum Gasteiger partial charge on any atom is 0.328 e. The first-order valence-corrected chi connectivity index (χ1v) is 16.5. The molecule has 4 N–H and O–H groups in total. The van der Waals surface area contributed by atoms with Gasteiger partial charge in [-0.25, -0.2) is 24.2 Å². The summed E-state index contributed by atoms with van der Waals surface area (Å²) in [5, 5.41) is 37.5. The summed E-state index contributed by atoms with van der Waals surface area (Å²) in [7, 11) is 4.16. The summed E-state index contributed by atoms with van der Waals surface area (Å²) >= 11 is 6.04. The highest BCUT2D eigenvalue weighted by Gasteiger charge is 2.25. The van der Waals surface area contributed by atoms with Crippen molar-refractivity contribution in [3.63, 3.8) is 0 Å². The predicted octanol–water partition coefficient (Wildman–Crippen LogP) is 5.00. The van der Waals surface area contributed by atoms with E-state index in [1.165, 1.54) is 25.7 Å². The Morgan fingerprint density at radius 2 is 1.50 bits per heavy atom. The minimum atomic E-state index is -1.26. The third-order valence-corrected chi connectivity index (χ3v) is 8.02. The van der Waals surface area contributed by atoms with Gasteiger partial charge in [0, 0.05) is 42.8 Å². The molecule has 5 rings (SSSR count). The van der Waals surface area contributed by atoms with Crippen LogP contribution in [0.4, 0.5) is 0 Å². The highest BCUT2D eigenvalue weighted by molar-refractivity contribution is 6.29. The summed E-state index contributed by atoms with van der Waals surface area (Å²) in [6, 6.07) is 10.1. The molecule has 1 aliphatic carbocycles. The summed E-state index contributed by atoms with van der Waals surface area (Å²) in [6.45, 7) is 4.67. The van der Waals surface area contributed by atoms with Crippen molar-refractivity contribution in [2.24, 2.45) is 11.8 Å². The predicted molar refractivity (Wildman–Crippen MR) is 184 cm³/mol. The Morgan fingerprint density at radius 1 is 0.900 bits per heavy atom. The third kappa shape index (κ3) is 14.8. The van der Waals surface area contributed by atoms with Gasteiger partial charge < -0.3 is 34.6 Å². The second kappa shape index (κ2) is 20.0. The lowest BCUT2D eigenvalue weighted by Crippen LogP contribution is -2.33. The van der Waals surface area contributed by atoms with Crippen molar-refractivity contribution in [1.29, 1.82) is 0 Å². The van der Waals surface area contributed by atoms with Crippen molar-refractivity contribution >= 4 is 46.4 Å². The van der Waals surface area contributed by atoms with E-state index in [4.69, 9.17) is 41.3 Å². The molecule has 1 aromatic carbocycles. The molecular weight excluding hydrogens is 672 g/mol. The molecule has 0 amide bonds. The maximum atomic E-state index is 9.55. The fourth-order valence-corrected chi connectivity index (χ4v) is 5.37. The first-order chi connectivity index (χ1) is 23.8. The van der Waals surface area contributed by atoms with E-state index in [9.17, 15) is 19.2 Å². The number of likely N-dealkylation sites (tertiary alicyclic amines) is 1. The van der Waals surface area contributed by atoms with Crippen LogP contribution >= 0.6 is 11.6 Å². The molecule has 15 heteroatoms. The zero-order valence-corrected chi connectivity index (χ0v) is 28.8. The smallest absolute Gasteiger partial charge is 0.328 e. The summed E-state index contributed by atoms with van der Waals surface area (Å²) < 4.78 is 12.1. The molecule has 0 unspecified atom stereocenters. The number of benzene rings is 1. The van der Waals surface area contributed by atoms with Gasteiger partial charge in [0.1, 0.15) is 10.9 Å². The van der Waals surface area contributed by atoms with Crippen molar-refractivity contribution in [2.45, 2.75) is 51.6 Å². The van der Waals surface area contributed by atoms with Gasteiger partial charge >= 0.3 is 23.9 Å². The Labute approximate surface area is 294 Å². The van der Waals surface area contributed by atoms with E-state index in [0.717, 1.165) is 91.1 Å². The van der Waals surface area contributed by atoms with E-state index in [-0.39, 0.29) is 0 Å². The number of aliphatic carboxylic acids is 4. The largest absolute Gasteiger partial charge is 0.493 e. The van der Waals surface area contributed by atoms with Crippen LogP contribution < -0.4 is 4.74 Å². The second-order valence-electron chi connectivity index (χ2n) is 12.3. The highest BCUT2D eigenvalue weighted by atomic mass is 35.5. The molecular formula is C35H43ClN4O10. The molecule has 2 fully saturated rings. The average molecular weight is 715 g/mol. The lowest BCUT2D eigenvalue weighted by atomic mass is 9.91. The minimum absolute atomic E-state index is 0.558. The van der Waals surface area contributed by atoms with Crippen LogP contribution in [0.3, 0.4) is 0 Å². The molecule has 3 aromatic rings. The Balaban J connectivity index is 0.000000352. The number of carboxylic acid groups (broad SMARTS) is 4. The van der Waals surface area contributed by atoms with Crippen molar-refractivity contribution < 1.29 is 48.9 Å². The van der Waals surface area contributed by atoms with Crippen LogP contribution in [0, 0.1) is 11.8 Å². The lowest BCUT2D eigenvalue weighted by molar-refractivity contribution is -0.134. The van der Waals surface area contributed by atoms with Crippen LogP contribution in [0.2, 0.25) is 5.15 Å². The van der Waals surface area contributed by atoms with E-state index < -0.39 is 23.9 Å². The van der Waals surface area contributed by atoms with Gasteiger partial charge in [0.25, 0.3) is 0 Å². The molecule has 14 nitrogen and oxygen atoms in total. The molecule has 0 atom stereocenters. The molecule has 1 saturated heterocycles. The number of hydrogen-bond donors (Lipinski definition) is 4. The molecule has 0 bridgehead atoms. The monoisotopic (exact) mass is 714 g/mol. The fraction of sp³-hybridized carbons (Fsp3) is 0.429. The van der Waals surface area contributed by atoms with Crippen molar-refractivity contribution in [3.05, 3.63) is 76.7 Å². The van der Waals surface area contributed by atoms with Gasteiger partial charge in [0.15, 0.2) is 5.58 Å². The summed E-state index contributed by atoms with van der Waals surface area (Å²) in [4.78, 5) is 47.3. The summed E-state index contributed by atoms with van der Waals surface area (Å²) in [5.74, 6) is -2.64. The summed E-state index contributed by atoms with van der Waals surface area (Å²) in [6.07, 6.45) is 9.32. The molecule has 270 valence electrons. The number of carbonyl (C=O) groups is 4. The van der Waals surface area contributed by atoms with Gasteiger partial charge in [-0.15, -0.1) is 0 Å². The molecule has 1 aliphatic heterocycles.